The highest BCUT2D eigenvalue weighted by atomic mass is 16.5. The van der Waals surface area contributed by atoms with Crippen molar-refractivity contribution < 1.29 is 14.3 Å². The molecule has 0 fully saturated rings. The Morgan fingerprint density at radius 1 is 1.44 bits per heavy atom. The summed E-state index contributed by atoms with van der Waals surface area (Å²) >= 11 is 0. The fourth-order valence-electron chi connectivity index (χ4n) is 1.60. The van der Waals surface area contributed by atoms with Gasteiger partial charge in [-0.15, -0.1) is 0 Å². The van der Waals surface area contributed by atoms with Gasteiger partial charge < -0.3 is 20.8 Å². The Morgan fingerprint density at radius 2 is 2.11 bits per heavy atom. The first-order valence-electron chi connectivity index (χ1n) is 5.63. The third-order valence-electron chi connectivity index (χ3n) is 2.53. The Bertz CT molecular complexity index is 438. The number of aromatic amines is 1. The zero-order chi connectivity index (χ0) is 13.8. The monoisotopic (exact) mass is 253 g/mol. The van der Waals surface area contributed by atoms with Crippen molar-refractivity contribution in [3.05, 3.63) is 23.5 Å². The molecule has 6 nitrogen and oxygen atoms in total. The van der Waals surface area contributed by atoms with Gasteiger partial charge in [-0.3, -0.25) is 4.79 Å². The predicted molar refractivity (Wildman–Crippen MR) is 66.9 cm³/mol. The maximum Gasteiger partial charge on any atom is 0.354 e. The molecule has 18 heavy (non-hydrogen) atoms. The number of rotatable bonds is 6. The molecule has 0 saturated carbocycles. The topological polar surface area (TPSA) is 97.2 Å². The lowest BCUT2D eigenvalue weighted by Crippen LogP contribution is -2.42. The number of hydrogen-bond acceptors (Lipinski definition) is 4. The van der Waals surface area contributed by atoms with E-state index in [2.05, 4.69) is 15.0 Å². The Morgan fingerprint density at radius 3 is 2.67 bits per heavy atom. The number of amides is 1. The lowest BCUT2D eigenvalue weighted by atomic mass is 10.0. The summed E-state index contributed by atoms with van der Waals surface area (Å²) in [6.45, 7) is 4.29. The summed E-state index contributed by atoms with van der Waals surface area (Å²) in [6.07, 6.45) is 0.248. The van der Waals surface area contributed by atoms with Gasteiger partial charge >= 0.3 is 5.97 Å². The summed E-state index contributed by atoms with van der Waals surface area (Å²) < 4.78 is 4.60. The van der Waals surface area contributed by atoms with E-state index in [0.29, 0.717) is 12.2 Å². The molecule has 0 atom stereocenters. The van der Waals surface area contributed by atoms with Crippen molar-refractivity contribution in [1.29, 1.82) is 0 Å². The molecule has 1 aromatic heterocycles. The number of H-pyrrole nitrogens is 1. The summed E-state index contributed by atoms with van der Waals surface area (Å²) in [5.41, 5.74) is 6.02. The van der Waals surface area contributed by atoms with Crippen LogP contribution >= 0.6 is 0 Å². The smallest absolute Gasteiger partial charge is 0.354 e. The van der Waals surface area contributed by atoms with Crippen molar-refractivity contribution in [2.24, 2.45) is 5.73 Å². The molecule has 0 radical (unpaired) electrons. The van der Waals surface area contributed by atoms with Crippen LogP contribution in [0.1, 0.15) is 36.5 Å². The second-order valence-corrected chi connectivity index (χ2v) is 4.77. The van der Waals surface area contributed by atoms with E-state index in [0.717, 1.165) is 5.69 Å². The maximum absolute atomic E-state index is 11.2. The second kappa shape index (κ2) is 5.68. The van der Waals surface area contributed by atoms with Gasteiger partial charge in [0.05, 0.1) is 7.11 Å². The number of nitrogens with one attached hydrogen (secondary N) is 2. The fraction of sp³-hybridized carbons (Fsp3) is 0.500. The van der Waals surface area contributed by atoms with Gasteiger partial charge in [0.15, 0.2) is 0 Å². The van der Waals surface area contributed by atoms with E-state index in [1.807, 2.05) is 13.8 Å². The molecule has 1 rings (SSSR count). The van der Waals surface area contributed by atoms with Crippen molar-refractivity contribution in [1.82, 2.24) is 10.3 Å². The Hall–Kier alpha value is -1.82. The molecule has 6 heteroatoms. The van der Waals surface area contributed by atoms with E-state index in [1.165, 1.54) is 7.11 Å². The van der Waals surface area contributed by atoms with Gasteiger partial charge in [0, 0.05) is 24.2 Å². The summed E-state index contributed by atoms with van der Waals surface area (Å²) in [5.74, 6) is -0.758. The number of hydrogen-bond donors (Lipinski definition) is 3. The van der Waals surface area contributed by atoms with Crippen molar-refractivity contribution in [3.63, 3.8) is 0 Å². The van der Waals surface area contributed by atoms with E-state index in [1.54, 1.807) is 12.1 Å². The Balaban J connectivity index is 2.56. The number of carbonyl (C=O) groups is 2. The Labute approximate surface area is 106 Å². The molecule has 0 bridgehead atoms. The van der Waals surface area contributed by atoms with Crippen LogP contribution in [0, 0.1) is 0 Å². The predicted octanol–water partition coefficient (Wildman–Crippen LogP) is 0.545. The summed E-state index contributed by atoms with van der Waals surface area (Å²) in [5, 5.41) is 3.19. The number of aromatic nitrogens is 1. The molecule has 1 amide bonds. The SMILES string of the molecule is COC(=O)c1ccc(CNC(C)(C)CC(N)=O)[nH]1. The third-order valence-corrected chi connectivity index (χ3v) is 2.53. The van der Waals surface area contributed by atoms with Crippen molar-refractivity contribution in [2.75, 3.05) is 7.11 Å². The van der Waals surface area contributed by atoms with Crippen LogP contribution in [0.2, 0.25) is 0 Å². The third kappa shape index (κ3) is 4.21. The average molecular weight is 253 g/mol. The first kappa shape index (κ1) is 14.2. The quantitative estimate of drug-likeness (QED) is 0.645. The van der Waals surface area contributed by atoms with E-state index in [9.17, 15) is 9.59 Å². The molecule has 4 N–H and O–H groups in total. The maximum atomic E-state index is 11.2. The highest BCUT2D eigenvalue weighted by Gasteiger charge is 2.20. The molecular weight excluding hydrogens is 234 g/mol. The molecular formula is C12H19N3O3. The zero-order valence-corrected chi connectivity index (χ0v) is 10.9. The van der Waals surface area contributed by atoms with Gasteiger partial charge in [-0.2, -0.15) is 0 Å². The van der Waals surface area contributed by atoms with Crippen LogP contribution in [-0.2, 0) is 16.1 Å². The van der Waals surface area contributed by atoms with Crippen LogP contribution in [0.5, 0.6) is 0 Å². The molecule has 0 unspecified atom stereocenters. The Kier molecular flexibility index (Phi) is 4.49. The minimum atomic E-state index is -0.405. The average Bonchev–Trinajstić information content (AvgIpc) is 2.72. The number of ether oxygens (including phenoxy) is 1. The van der Waals surface area contributed by atoms with E-state index < -0.39 is 5.97 Å². The van der Waals surface area contributed by atoms with Gasteiger partial charge in [-0.05, 0) is 26.0 Å². The van der Waals surface area contributed by atoms with Gasteiger partial charge in [0.1, 0.15) is 5.69 Å². The molecule has 1 heterocycles. The summed E-state index contributed by atoms with van der Waals surface area (Å²) in [7, 11) is 1.33. The molecule has 0 aliphatic carbocycles. The number of primary amides is 1. The van der Waals surface area contributed by atoms with Gasteiger partial charge in [-0.1, -0.05) is 0 Å². The summed E-state index contributed by atoms with van der Waals surface area (Å²) in [4.78, 5) is 25.0. The normalized spacial score (nSPS) is 11.3. The van der Waals surface area contributed by atoms with Crippen LogP contribution in [-0.4, -0.2) is 29.5 Å². The van der Waals surface area contributed by atoms with Crippen molar-refractivity contribution in [2.45, 2.75) is 32.4 Å². The highest BCUT2D eigenvalue weighted by Crippen LogP contribution is 2.10. The van der Waals surface area contributed by atoms with Gasteiger partial charge in [0.2, 0.25) is 5.91 Å². The van der Waals surface area contributed by atoms with Gasteiger partial charge in [0.25, 0.3) is 0 Å². The number of nitrogens with two attached hydrogens (primary N) is 1. The number of esters is 1. The lowest BCUT2D eigenvalue weighted by Gasteiger charge is -2.24. The van der Waals surface area contributed by atoms with Gasteiger partial charge in [-0.25, -0.2) is 4.79 Å². The van der Waals surface area contributed by atoms with Crippen LogP contribution in [0.3, 0.4) is 0 Å². The largest absolute Gasteiger partial charge is 0.464 e. The minimum absolute atomic E-state index is 0.248. The zero-order valence-electron chi connectivity index (χ0n) is 10.9. The number of carbonyl (C=O) groups excluding carboxylic acids is 2. The minimum Gasteiger partial charge on any atom is -0.464 e. The lowest BCUT2D eigenvalue weighted by molar-refractivity contribution is -0.119. The van der Waals surface area contributed by atoms with Crippen LogP contribution in [0.4, 0.5) is 0 Å². The first-order chi connectivity index (χ1) is 8.34. The molecule has 0 spiro atoms. The van der Waals surface area contributed by atoms with Crippen molar-refractivity contribution >= 4 is 11.9 Å². The molecule has 0 aromatic carbocycles. The highest BCUT2D eigenvalue weighted by molar-refractivity contribution is 5.87. The number of methoxy groups -OCH3 is 1. The van der Waals surface area contributed by atoms with E-state index in [4.69, 9.17) is 5.73 Å². The molecule has 0 aliphatic heterocycles. The first-order valence-corrected chi connectivity index (χ1v) is 5.63. The standard InChI is InChI=1S/C12H19N3O3/c1-12(2,6-10(13)16)14-7-8-4-5-9(15-8)11(17)18-3/h4-5,14-15H,6-7H2,1-3H3,(H2,13,16). The fourth-order valence-corrected chi connectivity index (χ4v) is 1.60. The molecule has 100 valence electrons. The van der Waals surface area contributed by atoms with Crippen LogP contribution in [0.15, 0.2) is 12.1 Å². The van der Waals surface area contributed by atoms with Crippen LogP contribution < -0.4 is 11.1 Å². The van der Waals surface area contributed by atoms with Crippen LogP contribution in [0.25, 0.3) is 0 Å². The van der Waals surface area contributed by atoms with E-state index >= 15 is 0 Å². The molecule has 1 aromatic rings. The second-order valence-electron chi connectivity index (χ2n) is 4.77. The van der Waals surface area contributed by atoms with E-state index in [-0.39, 0.29) is 17.9 Å². The summed E-state index contributed by atoms with van der Waals surface area (Å²) in [6, 6.07) is 3.45. The van der Waals surface area contributed by atoms with Crippen molar-refractivity contribution in [3.8, 4) is 0 Å². The molecule has 0 saturated heterocycles. The molecule has 0 aliphatic rings.